The molecule has 144 valence electrons. The maximum Gasteiger partial charge on any atom is 0.222 e. The maximum absolute atomic E-state index is 12.5. The third-order valence-corrected chi connectivity index (χ3v) is 6.52. The van der Waals surface area contributed by atoms with E-state index >= 15 is 0 Å². The summed E-state index contributed by atoms with van der Waals surface area (Å²) in [5.41, 5.74) is 2.99. The van der Waals surface area contributed by atoms with Gasteiger partial charge >= 0.3 is 0 Å². The van der Waals surface area contributed by atoms with Gasteiger partial charge in [-0.1, -0.05) is 30.3 Å². The zero-order chi connectivity index (χ0) is 18.5. The number of nitrogens with zero attached hydrogens (tertiary/aromatic N) is 3. The van der Waals surface area contributed by atoms with Gasteiger partial charge in [-0.05, 0) is 61.7 Å². The van der Waals surface area contributed by atoms with Crippen molar-refractivity contribution in [3.63, 3.8) is 0 Å². The number of carbonyl (C=O) groups excluding carboxylic acids is 1. The van der Waals surface area contributed by atoms with Crippen LogP contribution in [0.1, 0.15) is 43.2 Å². The summed E-state index contributed by atoms with van der Waals surface area (Å²) in [7, 11) is 0. The van der Waals surface area contributed by atoms with E-state index in [1.165, 1.54) is 44.3 Å². The number of aromatic nitrogens is 2. The highest BCUT2D eigenvalue weighted by atomic mass is 16.2. The molecule has 5 heteroatoms. The molecule has 0 atom stereocenters. The molecule has 2 aliphatic heterocycles. The van der Waals surface area contributed by atoms with Crippen LogP contribution in [-0.4, -0.2) is 52.1 Å². The van der Waals surface area contributed by atoms with Crippen molar-refractivity contribution in [3.05, 3.63) is 53.9 Å². The van der Waals surface area contributed by atoms with Gasteiger partial charge in [-0.3, -0.25) is 14.8 Å². The Hall–Kier alpha value is -2.14. The molecule has 0 bridgehead atoms. The van der Waals surface area contributed by atoms with E-state index in [0.717, 1.165) is 31.6 Å². The number of H-pyrrole nitrogens is 1. The Balaban J connectivity index is 1.21. The molecular weight excluding hydrogens is 336 g/mol. The monoisotopic (exact) mass is 366 g/mol. The summed E-state index contributed by atoms with van der Waals surface area (Å²) in [6, 6.07) is 10.8. The molecule has 5 nitrogen and oxygen atoms in total. The standard InChI is InChI=1S/C22H30N4O/c27-21(7-6-20-16-23-24-17-20)26-14-10-22(11-15-26)8-12-25(13-9-22)18-19-4-2-1-3-5-19/h1-5,16-17H,6-15,18H2,(H,23,24). The molecule has 1 N–H and O–H groups in total. The number of hydrogen-bond acceptors (Lipinski definition) is 3. The lowest BCUT2D eigenvalue weighted by Gasteiger charge is -2.47. The molecule has 4 rings (SSSR count). The SMILES string of the molecule is O=C(CCc1cn[nH]c1)N1CCC2(CCN(Cc3ccccc3)CC2)CC1. The van der Waals surface area contributed by atoms with Crippen LogP contribution in [0.5, 0.6) is 0 Å². The Kier molecular flexibility index (Phi) is 5.58. The number of carbonyl (C=O) groups is 1. The van der Waals surface area contributed by atoms with Crippen LogP contribution >= 0.6 is 0 Å². The highest BCUT2D eigenvalue weighted by molar-refractivity contribution is 5.76. The Morgan fingerprint density at radius 3 is 2.37 bits per heavy atom. The Labute approximate surface area is 161 Å². The van der Waals surface area contributed by atoms with Gasteiger partial charge in [0.2, 0.25) is 5.91 Å². The van der Waals surface area contributed by atoms with Crippen molar-refractivity contribution in [2.75, 3.05) is 26.2 Å². The molecule has 1 aromatic carbocycles. The van der Waals surface area contributed by atoms with E-state index < -0.39 is 0 Å². The largest absolute Gasteiger partial charge is 0.343 e. The van der Waals surface area contributed by atoms with Gasteiger partial charge in [-0.15, -0.1) is 0 Å². The summed E-state index contributed by atoms with van der Waals surface area (Å²) < 4.78 is 0. The quantitative estimate of drug-likeness (QED) is 0.884. The maximum atomic E-state index is 12.5. The van der Waals surface area contributed by atoms with Gasteiger partial charge in [0.25, 0.3) is 0 Å². The minimum Gasteiger partial charge on any atom is -0.343 e. The van der Waals surface area contributed by atoms with Crippen molar-refractivity contribution in [3.8, 4) is 0 Å². The highest BCUT2D eigenvalue weighted by Gasteiger charge is 2.38. The number of aromatic amines is 1. The number of aryl methyl sites for hydroxylation is 1. The summed E-state index contributed by atoms with van der Waals surface area (Å²) in [6.07, 6.45) is 9.95. The predicted octanol–water partition coefficient (Wildman–Crippen LogP) is 3.25. The molecule has 3 heterocycles. The van der Waals surface area contributed by atoms with Gasteiger partial charge in [-0.2, -0.15) is 5.10 Å². The van der Waals surface area contributed by atoms with E-state index in [1.54, 1.807) is 0 Å². The number of piperidine rings is 2. The van der Waals surface area contributed by atoms with E-state index in [9.17, 15) is 4.79 Å². The summed E-state index contributed by atoms with van der Waals surface area (Å²) >= 11 is 0. The second kappa shape index (κ2) is 8.26. The lowest BCUT2D eigenvalue weighted by atomic mass is 9.71. The first-order valence-electron chi connectivity index (χ1n) is 10.2. The lowest BCUT2D eigenvalue weighted by Crippen LogP contribution is -2.48. The number of rotatable bonds is 5. The smallest absolute Gasteiger partial charge is 0.222 e. The highest BCUT2D eigenvalue weighted by Crippen LogP contribution is 2.41. The topological polar surface area (TPSA) is 52.2 Å². The van der Waals surface area contributed by atoms with E-state index in [1.807, 2.05) is 12.4 Å². The second-order valence-electron chi connectivity index (χ2n) is 8.25. The zero-order valence-corrected chi connectivity index (χ0v) is 16.1. The lowest BCUT2D eigenvalue weighted by molar-refractivity contribution is -0.134. The molecule has 2 aromatic rings. The van der Waals surface area contributed by atoms with E-state index in [2.05, 4.69) is 50.3 Å². The Morgan fingerprint density at radius 1 is 1.00 bits per heavy atom. The number of benzene rings is 1. The minimum absolute atomic E-state index is 0.299. The molecule has 2 fully saturated rings. The van der Waals surface area contributed by atoms with Crippen LogP contribution in [0, 0.1) is 5.41 Å². The van der Waals surface area contributed by atoms with Crippen LogP contribution in [0.3, 0.4) is 0 Å². The average Bonchev–Trinajstić information content (AvgIpc) is 3.23. The van der Waals surface area contributed by atoms with Gasteiger partial charge in [0.05, 0.1) is 6.20 Å². The number of amides is 1. The molecule has 1 aromatic heterocycles. The van der Waals surface area contributed by atoms with Crippen molar-refractivity contribution in [2.24, 2.45) is 5.41 Å². The van der Waals surface area contributed by atoms with Gasteiger partial charge in [0.1, 0.15) is 0 Å². The molecule has 0 aliphatic carbocycles. The number of hydrogen-bond donors (Lipinski definition) is 1. The van der Waals surface area contributed by atoms with Gasteiger partial charge < -0.3 is 4.90 Å². The van der Waals surface area contributed by atoms with Crippen molar-refractivity contribution < 1.29 is 4.79 Å². The molecule has 2 saturated heterocycles. The molecule has 0 radical (unpaired) electrons. The third kappa shape index (κ3) is 4.59. The first-order valence-corrected chi connectivity index (χ1v) is 10.2. The fourth-order valence-corrected chi connectivity index (χ4v) is 4.58. The Morgan fingerprint density at radius 2 is 1.70 bits per heavy atom. The fraction of sp³-hybridized carbons (Fsp3) is 0.545. The molecule has 0 saturated carbocycles. The summed E-state index contributed by atoms with van der Waals surface area (Å²) in [5, 5.41) is 6.76. The van der Waals surface area contributed by atoms with Gasteiger partial charge in [-0.25, -0.2) is 0 Å². The normalized spacial score (nSPS) is 20.1. The van der Waals surface area contributed by atoms with Crippen molar-refractivity contribution in [1.82, 2.24) is 20.0 Å². The summed E-state index contributed by atoms with van der Waals surface area (Å²) in [5.74, 6) is 0.299. The van der Waals surface area contributed by atoms with Crippen LogP contribution in [0.4, 0.5) is 0 Å². The van der Waals surface area contributed by atoms with Crippen molar-refractivity contribution >= 4 is 5.91 Å². The van der Waals surface area contributed by atoms with Gasteiger partial charge in [0, 0.05) is 32.3 Å². The van der Waals surface area contributed by atoms with E-state index in [4.69, 9.17) is 0 Å². The second-order valence-corrected chi connectivity index (χ2v) is 8.25. The molecule has 2 aliphatic rings. The zero-order valence-electron chi connectivity index (χ0n) is 16.1. The molecule has 1 spiro atoms. The third-order valence-electron chi connectivity index (χ3n) is 6.52. The van der Waals surface area contributed by atoms with Crippen molar-refractivity contribution in [2.45, 2.75) is 45.1 Å². The van der Waals surface area contributed by atoms with Crippen LogP contribution in [0.2, 0.25) is 0 Å². The molecule has 0 unspecified atom stereocenters. The molecule has 27 heavy (non-hydrogen) atoms. The molecule has 1 amide bonds. The van der Waals surface area contributed by atoms with Crippen LogP contribution in [0.25, 0.3) is 0 Å². The predicted molar refractivity (Wildman–Crippen MR) is 106 cm³/mol. The van der Waals surface area contributed by atoms with E-state index in [-0.39, 0.29) is 0 Å². The fourth-order valence-electron chi connectivity index (χ4n) is 4.58. The number of likely N-dealkylation sites (tertiary alicyclic amines) is 2. The van der Waals surface area contributed by atoms with Gasteiger partial charge in [0.15, 0.2) is 0 Å². The van der Waals surface area contributed by atoms with Crippen LogP contribution in [-0.2, 0) is 17.8 Å². The van der Waals surface area contributed by atoms with Crippen molar-refractivity contribution in [1.29, 1.82) is 0 Å². The van der Waals surface area contributed by atoms with E-state index in [0.29, 0.717) is 17.7 Å². The average molecular weight is 367 g/mol. The van der Waals surface area contributed by atoms with Crippen LogP contribution in [0.15, 0.2) is 42.7 Å². The first kappa shape index (κ1) is 18.2. The van der Waals surface area contributed by atoms with Crippen LogP contribution < -0.4 is 0 Å². The first-order chi connectivity index (χ1) is 13.2. The summed E-state index contributed by atoms with van der Waals surface area (Å²) in [6.45, 7) is 5.30. The number of nitrogens with one attached hydrogen (secondary N) is 1. The molecular formula is C22H30N4O. The summed E-state index contributed by atoms with van der Waals surface area (Å²) in [4.78, 5) is 17.2. The Bertz CT molecular complexity index is 710. The minimum atomic E-state index is 0.299.